The molecule has 0 spiro atoms. The Morgan fingerprint density at radius 2 is 1.73 bits per heavy atom. The molecule has 0 aliphatic heterocycles. The summed E-state index contributed by atoms with van der Waals surface area (Å²) in [6, 6.07) is 4.57. The van der Waals surface area contributed by atoms with Gasteiger partial charge in [-0.25, -0.2) is 0 Å². The molecule has 1 aromatic carbocycles. The number of hydrogen-bond acceptors (Lipinski definition) is 1. The van der Waals surface area contributed by atoms with E-state index < -0.39 is 8.07 Å². The molecule has 0 unspecified atom stereocenters. The van der Waals surface area contributed by atoms with E-state index in [0.717, 1.165) is 12.2 Å². The number of allylic oxidation sites excluding steroid dienone is 4. The lowest BCUT2D eigenvalue weighted by Gasteiger charge is -2.32. The van der Waals surface area contributed by atoms with E-state index in [4.69, 9.17) is 4.74 Å². The summed E-state index contributed by atoms with van der Waals surface area (Å²) in [7, 11) is 0.0478. The molecule has 0 aromatic heterocycles. The van der Waals surface area contributed by atoms with Crippen molar-refractivity contribution in [1.29, 1.82) is 0 Å². The van der Waals surface area contributed by atoms with Crippen LogP contribution in [-0.2, 0) is 0 Å². The fourth-order valence-electron chi connectivity index (χ4n) is 3.65. The molecule has 0 fully saturated rings. The maximum Gasteiger partial charge on any atom is 0.121 e. The Morgan fingerprint density at radius 3 is 2.27 bits per heavy atom. The topological polar surface area (TPSA) is 9.23 Å². The Hall–Kier alpha value is -1.28. The van der Waals surface area contributed by atoms with Crippen molar-refractivity contribution in [1.82, 2.24) is 0 Å². The first-order valence-corrected chi connectivity index (χ1v) is 11.2. The van der Waals surface area contributed by atoms with Crippen LogP contribution in [0.25, 0.3) is 0 Å². The molecule has 0 atom stereocenters. The number of ether oxygens (including phenoxy) is 1. The van der Waals surface area contributed by atoms with Gasteiger partial charge in [-0.05, 0) is 42.0 Å². The molecule has 0 saturated carbocycles. The molecular formula is C20H30OSi. The van der Waals surface area contributed by atoms with Crippen molar-refractivity contribution >= 4 is 13.3 Å². The summed E-state index contributed by atoms with van der Waals surface area (Å²) in [6.07, 6.45) is 5.78. The maximum atomic E-state index is 5.79. The lowest BCUT2D eigenvalue weighted by Crippen LogP contribution is -2.45. The number of aryl methyl sites for hydroxylation is 2. The van der Waals surface area contributed by atoms with Crippen molar-refractivity contribution < 1.29 is 4.74 Å². The summed E-state index contributed by atoms with van der Waals surface area (Å²) >= 11 is 0. The molecular weight excluding hydrogens is 284 g/mol. The van der Waals surface area contributed by atoms with Crippen LogP contribution in [-0.4, -0.2) is 15.2 Å². The third kappa shape index (κ3) is 2.94. The fourth-order valence-corrected chi connectivity index (χ4v) is 7.19. The standard InChI is InChI=1S/C20H30OSi/c1-14-12-15(2)19(21-6)18(13-14)22(7,8)17-11-9-10-16(17)20(3,4)5/h9-10,12-13H,11H2,1-8H3. The molecule has 1 aliphatic rings. The molecule has 2 rings (SSSR count). The minimum absolute atomic E-state index is 0.207. The molecule has 1 aliphatic carbocycles. The molecule has 22 heavy (non-hydrogen) atoms. The highest BCUT2D eigenvalue weighted by molar-refractivity contribution is 6.96. The van der Waals surface area contributed by atoms with Crippen LogP contribution >= 0.6 is 0 Å². The molecule has 0 amide bonds. The second-order valence-corrected chi connectivity index (χ2v) is 12.4. The predicted molar refractivity (Wildman–Crippen MR) is 99.8 cm³/mol. The van der Waals surface area contributed by atoms with Gasteiger partial charge in [-0.2, -0.15) is 0 Å². The van der Waals surface area contributed by atoms with Crippen LogP contribution in [0, 0.1) is 19.3 Å². The Morgan fingerprint density at radius 1 is 1.09 bits per heavy atom. The minimum Gasteiger partial charge on any atom is -0.497 e. The van der Waals surface area contributed by atoms with Gasteiger partial charge in [0.15, 0.2) is 0 Å². The molecule has 2 heteroatoms. The monoisotopic (exact) mass is 314 g/mol. The van der Waals surface area contributed by atoms with E-state index in [9.17, 15) is 0 Å². The van der Waals surface area contributed by atoms with Gasteiger partial charge < -0.3 is 4.74 Å². The molecule has 0 saturated heterocycles. The van der Waals surface area contributed by atoms with Crippen LogP contribution in [0.4, 0.5) is 0 Å². The molecule has 0 bridgehead atoms. The molecule has 0 N–H and O–H groups in total. The van der Waals surface area contributed by atoms with Gasteiger partial charge in [0.1, 0.15) is 13.8 Å². The molecule has 0 radical (unpaired) electrons. The Kier molecular flexibility index (Phi) is 4.45. The number of rotatable bonds is 3. The Balaban J connectivity index is 2.66. The summed E-state index contributed by atoms with van der Waals surface area (Å²) in [6.45, 7) is 16.2. The van der Waals surface area contributed by atoms with Crippen molar-refractivity contribution in [3.8, 4) is 5.75 Å². The van der Waals surface area contributed by atoms with E-state index in [-0.39, 0.29) is 5.41 Å². The third-order valence-electron chi connectivity index (χ3n) is 4.79. The average Bonchev–Trinajstić information content (AvgIpc) is 2.87. The van der Waals surface area contributed by atoms with Crippen molar-refractivity contribution in [2.45, 2.75) is 54.1 Å². The molecule has 120 valence electrons. The zero-order valence-corrected chi connectivity index (χ0v) is 16.4. The van der Waals surface area contributed by atoms with E-state index in [0.29, 0.717) is 0 Å². The van der Waals surface area contributed by atoms with E-state index in [2.05, 4.69) is 72.0 Å². The van der Waals surface area contributed by atoms with Gasteiger partial charge in [-0.1, -0.05) is 68.9 Å². The van der Waals surface area contributed by atoms with Gasteiger partial charge in [0.2, 0.25) is 0 Å². The van der Waals surface area contributed by atoms with Crippen LogP contribution in [0.15, 0.2) is 35.1 Å². The summed E-state index contributed by atoms with van der Waals surface area (Å²) in [5.74, 6) is 1.09. The lowest BCUT2D eigenvalue weighted by atomic mass is 9.87. The van der Waals surface area contributed by atoms with Crippen LogP contribution in [0.3, 0.4) is 0 Å². The zero-order chi connectivity index (χ0) is 16.7. The number of hydrogen-bond donors (Lipinski definition) is 0. The van der Waals surface area contributed by atoms with E-state index in [1.165, 1.54) is 21.9 Å². The number of methoxy groups -OCH3 is 1. The van der Waals surface area contributed by atoms with Crippen molar-refractivity contribution in [3.05, 3.63) is 46.2 Å². The van der Waals surface area contributed by atoms with Gasteiger partial charge in [0.25, 0.3) is 0 Å². The normalized spacial score (nSPS) is 15.6. The maximum absolute atomic E-state index is 5.79. The second kappa shape index (κ2) is 5.73. The van der Waals surface area contributed by atoms with Gasteiger partial charge >= 0.3 is 0 Å². The van der Waals surface area contributed by atoms with Crippen molar-refractivity contribution in [2.75, 3.05) is 7.11 Å². The summed E-state index contributed by atoms with van der Waals surface area (Å²) in [5, 5.41) is 3.09. The van der Waals surface area contributed by atoms with Crippen LogP contribution < -0.4 is 9.92 Å². The first-order valence-electron chi connectivity index (χ1n) is 8.15. The lowest BCUT2D eigenvalue weighted by molar-refractivity contribution is 0.414. The molecule has 1 aromatic rings. The minimum atomic E-state index is -1.76. The predicted octanol–water partition coefficient (Wildman–Crippen LogP) is 5.07. The van der Waals surface area contributed by atoms with Crippen LogP contribution in [0.1, 0.15) is 38.3 Å². The van der Waals surface area contributed by atoms with Gasteiger partial charge in [0, 0.05) is 0 Å². The van der Waals surface area contributed by atoms with Gasteiger partial charge in [-0.15, -0.1) is 0 Å². The average molecular weight is 315 g/mol. The first kappa shape index (κ1) is 17.1. The van der Waals surface area contributed by atoms with E-state index >= 15 is 0 Å². The zero-order valence-electron chi connectivity index (χ0n) is 15.4. The first-order chi connectivity index (χ1) is 10.1. The van der Waals surface area contributed by atoms with E-state index in [1.807, 2.05) is 0 Å². The van der Waals surface area contributed by atoms with Gasteiger partial charge in [0.05, 0.1) is 7.11 Å². The fraction of sp³-hybridized carbons (Fsp3) is 0.500. The summed E-state index contributed by atoms with van der Waals surface area (Å²) in [4.78, 5) is 0. The second-order valence-electron chi connectivity index (χ2n) is 8.04. The highest BCUT2D eigenvalue weighted by Gasteiger charge is 2.36. The van der Waals surface area contributed by atoms with Crippen LogP contribution in [0.2, 0.25) is 13.1 Å². The largest absolute Gasteiger partial charge is 0.497 e. The Bertz CT molecular complexity index is 642. The van der Waals surface area contributed by atoms with Gasteiger partial charge in [-0.3, -0.25) is 0 Å². The third-order valence-corrected chi connectivity index (χ3v) is 8.49. The highest BCUT2D eigenvalue weighted by Crippen LogP contribution is 2.39. The van der Waals surface area contributed by atoms with Crippen molar-refractivity contribution in [2.24, 2.45) is 5.41 Å². The molecule has 0 heterocycles. The highest BCUT2D eigenvalue weighted by atomic mass is 28.3. The smallest absolute Gasteiger partial charge is 0.121 e. The summed E-state index contributed by atoms with van der Waals surface area (Å²) < 4.78 is 5.79. The van der Waals surface area contributed by atoms with Crippen molar-refractivity contribution in [3.63, 3.8) is 0 Å². The Labute approximate surface area is 137 Å². The quantitative estimate of drug-likeness (QED) is 0.708. The molecule has 1 nitrogen and oxygen atoms in total. The van der Waals surface area contributed by atoms with E-state index in [1.54, 1.807) is 12.3 Å². The number of benzene rings is 1. The SMILES string of the molecule is COc1c(C)cc(C)cc1[Si](C)(C)C1=C(C(C)(C)C)C=CC1. The van der Waals surface area contributed by atoms with Crippen LogP contribution in [0.5, 0.6) is 5.75 Å². The summed E-state index contributed by atoms with van der Waals surface area (Å²) in [5.41, 5.74) is 4.32.